The molecule has 0 aromatic heterocycles. The lowest BCUT2D eigenvalue weighted by Gasteiger charge is -2.34. The van der Waals surface area contributed by atoms with E-state index >= 15 is 0 Å². The number of carbonyl (C=O) groups is 2. The molecule has 1 saturated heterocycles. The number of urea groups is 1. The summed E-state index contributed by atoms with van der Waals surface area (Å²) in [6.07, 6.45) is -4.71. The van der Waals surface area contributed by atoms with E-state index in [1.54, 1.807) is 0 Å². The molecule has 0 unspecified atom stereocenters. The van der Waals surface area contributed by atoms with Crippen LogP contribution in [0.5, 0.6) is 0 Å². The van der Waals surface area contributed by atoms with E-state index in [1.165, 1.54) is 24.3 Å². The van der Waals surface area contributed by atoms with Gasteiger partial charge in [0.25, 0.3) is 5.69 Å². The van der Waals surface area contributed by atoms with Gasteiger partial charge in [0, 0.05) is 11.8 Å². The first-order chi connectivity index (χ1) is 14.5. The molecule has 12 heteroatoms. The van der Waals surface area contributed by atoms with E-state index in [4.69, 9.17) is 11.6 Å². The van der Waals surface area contributed by atoms with Gasteiger partial charge in [0.15, 0.2) is 0 Å². The highest BCUT2D eigenvalue weighted by atomic mass is 35.5. The maximum atomic E-state index is 13.3. The van der Waals surface area contributed by atoms with Gasteiger partial charge in [-0.3, -0.25) is 14.9 Å². The second kappa shape index (κ2) is 8.26. The van der Waals surface area contributed by atoms with Crippen molar-refractivity contribution in [2.45, 2.75) is 12.2 Å². The largest absolute Gasteiger partial charge is 0.418 e. The van der Waals surface area contributed by atoms with Gasteiger partial charge in [-0.05, 0) is 23.8 Å². The second-order valence-electron chi connectivity index (χ2n) is 6.58. The molecule has 0 aliphatic carbocycles. The standard InChI is InChI=1S/C19H14ClF3N4O4/c1-9-15(17(28)25-13-5-3-2-4-11(13)19(21,22)23)16(26-18(29)24-9)10-6-7-12(20)14(8-10)27(30)31/h2-8,15-16H,1H2,(H,25,28)(H2,24,26,29)/t15-,16+/m1/s1. The number of nitro groups is 1. The molecule has 0 spiro atoms. The number of hydrogen-bond acceptors (Lipinski definition) is 4. The van der Waals surface area contributed by atoms with E-state index in [1.807, 2.05) is 0 Å². The summed E-state index contributed by atoms with van der Waals surface area (Å²) in [5.41, 5.74) is -1.94. The number of carbonyl (C=O) groups excluding carboxylic acids is 2. The SMILES string of the molecule is C=C1NC(=O)N[C@@H](c2ccc(Cl)c([N+](=O)[O-])c2)[C@@H]1C(=O)Nc1ccccc1C(F)(F)F. The molecule has 1 fully saturated rings. The summed E-state index contributed by atoms with van der Waals surface area (Å²) >= 11 is 5.81. The van der Waals surface area contributed by atoms with Crippen LogP contribution in [0.25, 0.3) is 0 Å². The van der Waals surface area contributed by atoms with Crippen molar-refractivity contribution in [3.8, 4) is 0 Å². The third-order valence-corrected chi connectivity index (χ3v) is 4.89. The van der Waals surface area contributed by atoms with E-state index in [0.29, 0.717) is 0 Å². The lowest BCUT2D eigenvalue weighted by molar-refractivity contribution is -0.384. The van der Waals surface area contributed by atoms with Crippen LogP contribution in [0, 0.1) is 16.0 Å². The number of alkyl halides is 3. The quantitative estimate of drug-likeness (QED) is 0.469. The van der Waals surface area contributed by atoms with Crippen molar-refractivity contribution >= 4 is 34.9 Å². The van der Waals surface area contributed by atoms with Gasteiger partial charge in [-0.2, -0.15) is 13.2 Å². The molecular weight excluding hydrogens is 441 g/mol. The van der Waals surface area contributed by atoms with E-state index in [2.05, 4.69) is 22.5 Å². The summed E-state index contributed by atoms with van der Waals surface area (Å²) in [5.74, 6) is -2.18. The van der Waals surface area contributed by atoms with Crippen molar-refractivity contribution in [3.05, 3.63) is 81.0 Å². The zero-order valence-corrected chi connectivity index (χ0v) is 16.3. The smallest absolute Gasteiger partial charge is 0.330 e. The highest BCUT2D eigenvalue weighted by Crippen LogP contribution is 2.37. The van der Waals surface area contributed by atoms with Gasteiger partial charge in [0.1, 0.15) is 10.9 Å². The molecule has 0 bridgehead atoms. The molecular formula is C19H14ClF3N4O4. The summed E-state index contributed by atoms with van der Waals surface area (Å²) in [5, 5.41) is 18.0. The molecule has 162 valence electrons. The van der Waals surface area contributed by atoms with E-state index < -0.39 is 51.9 Å². The minimum atomic E-state index is -4.71. The van der Waals surface area contributed by atoms with Gasteiger partial charge in [-0.1, -0.05) is 36.4 Å². The lowest BCUT2D eigenvalue weighted by Crippen LogP contribution is -2.51. The number of rotatable bonds is 4. The Morgan fingerprint density at radius 3 is 2.55 bits per heavy atom. The fraction of sp³-hybridized carbons (Fsp3) is 0.158. The number of para-hydroxylation sites is 1. The van der Waals surface area contributed by atoms with Crippen molar-refractivity contribution in [2.75, 3.05) is 5.32 Å². The molecule has 3 amide bonds. The van der Waals surface area contributed by atoms with E-state index in [-0.39, 0.29) is 16.3 Å². The molecule has 1 heterocycles. The number of amides is 3. The fourth-order valence-corrected chi connectivity index (χ4v) is 3.37. The van der Waals surface area contributed by atoms with Gasteiger partial charge >= 0.3 is 12.2 Å². The van der Waals surface area contributed by atoms with Crippen LogP contribution < -0.4 is 16.0 Å². The Bertz CT molecular complexity index is 1090. The Morgan fingerprint density at radius 1 is 1.23 bits per heavy atom. The van der Waals surface area contributed by atoms with Gasteiger partial charge in [0.05, 0.1) is 22.2 Å². The van der Waals surface area contributed by atoms with E-state index in [0.717, 1.165) is 18.2 Å². The Hall–Kier alpha value is -3.60. The molecule has 3 rings (SSSR count). The molecule has 2 atom stereocenters. The Balaban J connectivity index is 1.99. The maximum Gasteiger partial charge on any atom is 0.418 e. The topological polar surface area (TPSA) is 113 Å². The zero-order chi connectivity index (χ0) is 22.9. The molecule has 0 radical (unpaired) electrons. The van der Waals surface area contributed by atoms with Crippen LogP contribution in [0.1, 0.15) is 17.2 Å². The highest BCUT2D eigenvalue weighted by Gasteiger charge is 2.40. The first-order valence-corrected chi connectivity index (χ1v) is 9.04. The van der Waals surface area contributed by atoms with Crippen molar-refractivity contribution in [1.82, 2.24) is 10.6 Å². The van der Waals surface area contributed by atoms with Gasteiger partial charge in [-0.25, -0.2) is 4.79 Å². The number of nitro benzene ring substituents is 1. The van der Waals surface area contributed by atoms with Crippen LogP contribution in [0.3, 0.4) is 0 Å². The van der Waals surface area contributed by atoms with E-state index in [9.17, 15) is 32.9 Å². The molecule has 0 saturated carbocycles. The second-order valence-corrected chi connectivity index (χ2v) is 6.99. The number of halogens is 4. The van der Waals surface area contributed by atoms with Gasteiger partial charge in [0.2, 0.25) is 5.91 Å². The highest BCUT2D eigenvalue weighted by molar-refractivity contribution is 6.32. The maximum absolute atomic E-state index is 13.3. The van der Waals surface area contributed by atoms with Crippen LogP contribution in [0.4, 0.5) is 29.3 Å². The lowest BCUT2D eigenvalue weighted by atomic mass is 9.88. The summed E-state index contributed by atoms with van der Waals surface area (Å²) in [7, 11) is 0. The molecule has 1 aliphatic heterocycles. The summed E-state index contributed by atoms with van der Waals surface area (Å²) in [4.78, 5) is 35.3. The number of hydrogen-bond donors (Lipinski definition) is 3. The predicted octanol–water partition coefficient (Wildman–Crippen LogP) is 4.39. The third kappa shape index (κ3) is 4.61. The minimum Gasteiger partial charge on any atom is -0.330 e. The molecule has 1 aliphatic rings. The van der Waals surface area contributed by atoms with Crippen LogP contribution in [0.2, 0.25) is 5.02 Å². The molecule has 8 nitrogen and oxygen atoms in total. The van der Waals surface area contributed by atoms with Crippen molar-refractivity contribution in [2.24, 2.45) is 5.92 Å². The van der Waals surface area contributed by atoms with Crippen molar-refractivity contribution in [3.63, 3.8) is 0 Å². The summed E-state index contributed by atoms with van der Waals surface area (Å²) < 4.78 is 39.8. The summed E-state index contributed by atoms with van der Waals surface area (Å²) in [6.45, 7) is 3.62. The summed E-state index contributed by atoms with van der Waals surface area (Å²) in [6, 6.07) is 6.18. The average Bonchev–Trinajstić information content (AvgIpc) is 2.67. The minimum absolute atomic E-state index is 0.0895. The van der Waals surface area contributed by atoms with Crippen LogP contribution in [0.15, 0.2) is 54.7 Å². The Labute approximate surface area is 178 Å². The third-order valence-electron chi connectivity index (χ3n) is 4.57. The molecule has 2 aromatic rings. The van der Waals surface area contributed by atoms with Crippen LogP contribution in [-0.2, 0) is 11.0 Å². The number of anilines is 1. The van der Waals surface area contributed by atoms with Crippen LogP contribution in [-0.4, -0.2) is 16.9 Å². The van der Waals surface area contributed by atoms with Crippen LogP contribution >= 0.6 is 11.6 Å². The van der Waals surface area contributed by atoms with Crippen molar-refractivity contribution in [1.29, 1.82) is 0 Å². The average molecular weight is 455 g/mol. The monoisotopic (exact) mass is 454 g/mol. The van der Waals surface area contributed by atoms with Gasteiger partial charge < -0.3 is 16.0 Å². The first kappa shape index (κ1) is 22.1. The Kier molecular flexibility index (Phi) is 5.89. The normalized spacial score (nSPS) is 18.7. The van der Waals surface area contributed by atoms with Gasteiger partial charge in [-0.15, -0.1) is 0 Å². The molecule has 31 heavy (non-hydrogen) atoms. The number of benzene rings is 2. The first-order valence-electron chi connectivity index (χ1n) is 8.66. The zero-order valence-electron chi connectivity index (χ0n) is 15.5. The van der Waals surface area contributed by atoms with Crippen molar-refractivity contribution < 1.29 is 27.7 Å². The Morgan fingerprint density at radius 2 is 1.90 bits per heavy atom. The predicted molar refractivity (Wildman–Crippen MR) is 105 cm³/mol. The number of nitrogens with one attached hydrogen (secondary N) is 3. The fourth-order valence-electron chi connectivity index (χ4n) is 3.18. The molecule has 2 aromatic carbocycles. The molecule has 3 N–H and O–H groups in total. The number of nitrogens with zero attached hydrogens (tertiary/aromatic N) is 1.